The summed E-state index contributed by atoms with van der Waals surface area (Å²) in [7, 11) is -4.02. The third kappa shape index (κ3) is 10.5. The molecule has 1 aromatic rings. The third-order valence-corrected chi connectivity index (χ3v) is 3.76. The van der Waals surface area contributed by atoms with E-state index in [2.05, 4.69) is 0 Å². The maximum Gasteiger partial charge on any atom is 1.00 e. The van der Waals surface area contributed by atoms with Gasteiger partial charge in [0, 0.05) is 13.5 Å². The van der Waals surface area contributed by atoms with E-state index < -0.39 is 7.60 Å². The van der Waals surface area contributed by atoms with Crippen molar-refractivity contribution in [3.05, 3.63) is 35.9 Å². The van der Waals surface area contributed by atoms with E-state index in [4.69, 9.17) is 14.6 Å². The molecule has 0 bridgehead atoms. The first-order valence-electron chi connectivity index (χ1n) is 6.88. The smallest absolute Gasteiger partial charge is 1.00 e. The largest absolute Gasteiger partial charge is 1.00 e. The topological polar surface area (TPSA) is 87.1 Å². The summed E-state index contributed by atoms with van der Waals surface area (Å²) in [4.78, 5) is 34.3. The van der Waals surface area contributed by atoms with Gasteiger partial charge < -0.3 is 11.2 Å². The summed E-state index contributed by atoms with van der Waals surface area (Å²) in [5, 5.41) is 1.17. The predicted molar refractivity (Wildman–Crippen MR) is 80.7 cm³/mol. The average Bonchev–Trinajstić information content (AvgIpc) is 2.41. The summed E-state index contributed by atoms with van der Waals surface area (Å²) in [6.45, 7) is 1.95. The molecule has 120 valence electrons. The molecule has 0 aliphatic heterocycles. The van der Waals surface area contributed by atoms with E-state index in [0.717, 1.165) is 12.8 Å². The Hall–Kier alpha value is -0.200. The van der Waals surface area contributed by atoms with Crippen molar-refractivity contribution < 1.29 is 55.0 Å². The number of aryl methyl sites for hydroxylation is 1. The van der Waals surface area contributed by atoms with Crippen LogP contribution in [0, 0.1) is 0 Å². The van der Waals surface area contributed by atoms with Crippen LogP contribution >= 0.6 is 7.60 Å². The van der Waals surface area contributed by atoms with Gasteiger partial charge >= 0.3 is 37.2 Å². The Kier molecular flexibility index (Phi) is 11.3. The molecular formula is C14H23NNaO5P. The Morgan fingerprint density at radius 1 is 1.27 bits per heavy atom. The zero-order valence-electron chi connectivity index (χ0n) is 14.1. The summed E-state index contributed by atoms with van der Waals surface area (Å²) >= 11 is 0. The minimum atomic E-state index is -4.02. The van der Waals surface area contributed by atoms with Crippen molar-refractivity contribution in [3.8, 4) is 0 Å². The molecule has 0 aromatic heterocycles. The number of carbonyl (C=O) groups excluding carboxylic acids is 1. The van der Waals surface area contributed by atoms with Crippen LogP contribution in [-0.4, -0.2) is 40.1 Å². The van der Waals surface area contributed by atoms with Crippen molar-refractivity contribution in [2.45, 2.75) is 26.2 Å². The van der Waals surface area contributed by atoms with Gasteiger partial charge in [0.25, 0.3) is 0 Å². The minimum Gasteiger partial charge on any atom is -1.00 e. The van der Waals surface area contributed by atoms with Gasteiger partial charge in [-0.05, 0) is 24.8 Å². The molecule has 1 amide bonds. The van der Waals surface area contributed by atoms with Gasteiger partial charge in [0.05, 0.1) is 12.8 Å². The fourth-order valence-electron chi connectivity index (χ4n) is 1.83. The van der Waals surface area contributed by atoms with Crippen LogP contribution in [0.2, 0.25) is 0 Å². The molecule has 0 fully saturated rings. The quantitative estimate of drug-likeness (QED) is 0.263. The molecule has 0 unspecified atom stereocenters. The molecule has 8 heteroatoms. The number of hydrogen-bond donors (Lipinski definition) is 2. The molecule has 0 radical (unpaired) electrons. The molecule has 0 spiro atoms. The monoisotopic (exact) mass is 339 g/mol. The Bertz CT molecular complexity index is 485. The van der Waals surface area contributed by atoms with Gasteiger partial charge in [-0.2, -0.15) is 0 Å². The number of amides is 1. The fourth-order valence-corrected chi connectivity index (χ4v) is 2.38. The van der Waals surface area contributed by atoms with Gasteiger partial charge in [-0.3, -0.25) is 14.2 Å². The summed E-state index contributed by atoms with van der Waals surface area (Å²) in [5.74, 6) is -0.263. The molecule has 0 saturated heterocycles. The molecule has 6 nitrogen and oxygen atoms in total. The van der Waals surface area contributed by atoms with E-state index in [0.29, 0.717) is 6.61 Å². The second-order valence-electron chi connectivity index (χ2n) is 4.79. The van der Waals surface area contributed by atoms with Crippen LogP contribution in [0.15, 0.2) is 30.3 Å². The fraction of sp³-hybridized carbons (Fsp3) is 0.500. The Morgan fingerprint density at radius 3 is 2.45 bits per heavy atom. The van der Waals surface area contributed by atoms with E-state index in [9.17, 15) is 9.36 Å². The molecular weight excluding hydrogens is 316 g/mol. The zero-order chi connectivity index (χ0) is 15.7. The Morgan fingerprint density at radius 2 is 1.91 bits per heavy atom. The van der Waals surface area contributed by atoms with Crippen molar-refractivity contribution in [3.63, 3.8) is 0 Å². The van der Waals surface area contributed by atoms with Crippen molar-refractivity contribution in [2.24, 2.45) is 0 Å². The van der Waals surface area contributed by atoms with Crippen molar-refractivity contribution in [2.75, 3.05) is 19.3 Å². The van der Waals surface area contributed by atoms with Crippen LogP contribution in [0.4, 0.5) is 0 Å². The number of rotatable bonds is 9. The van der Waals surface area contributed by atoms with E-state index in [-0.39, 0.29) is 56.0 Å². The van der Waals surface area contributed by atoms with Crippen LogP contribution < -0.4 is 29.6 Å². The van der Waals surface area contributed by atoms with Crippen LogP contribution in [0.3, 0.4) is 0 Å². The standard InChI is InChI=1S/C14H22NO5P.Na.H/c1-13(16)15(10-6-12-21(17,18)19)20-11-5-9-14-7-3-2-4-8-14;;/h2-4,7-8H,5-6,9-12H2,1H3,(H2,17,18,19);;/q;+1;-1. The maximum absolute atomic E-state index is 11.4. The van der Waals surface area contributed by atoms with Gasteiger partial charge in [0.2, 0.25) is 5.91 Å². The first kappa shape index (κ1) is 21.8. The first-order valence-corrected chi connectivity index (χ1v) is 8.68. The van der Waals surface area contributed by atoms with E-state index in [1.54, 1.807) is 0 Å². The second-order valence-corrected chi connectivity index (χ2v) is 6.56. The van der Waals surface area contributed by atoms with Gasteiger partial charge in [-0.15, -0.1) is 0 Å². The minimum absolute atomic E-state index is 0. The summed E-state index contributed by atoms with van der Waals surface area (Å²) in [6, 6.07) is 9.96. The summed E-state index contributed by atoms with van der Waals surface area (Å²) < 4.78 is 10.8. The van der Waals surface area contributed by atoms with Crippen molar-refractivity contribution in [1.82, 2.24) is 5.06 Å². The second kappa shape index (κ2) is 11.4. The van der Waals surface area contributed by atoms with E-state index >= 15 is 0 Å². The van der Waals surface area contributed by atoms with E-state index in [1.165, 1.54) is 17.6 Å². The normalized spacial score (nSPS) is 10.9. The average molecular weight is 339 g/mol. The molecule has 0 heterocycles. The molecule has 0 aliphatic rings. The van der Waals surface area contributed by atoms with Crippen molar-refractivity contribution >= 4 is 13.5 Å². The number of nitrogens with zero attached hydrogens (tertiary/aromatic N) is 1. The van der Waals surface area contributed by atoms with Crippen LogP contribution in [0.25, 0.3) is 0 Å². The predicted octanol–water partition coefficient (Wildman–Crippen LogP) is -0.916. The van der Waals surface area contributed by atoms with Crippen LogP contribution in [0.1, 0.15) is 26.8 Å². The number of carbonyl (C=O) groups is 1. The number of benzene rings is 1. The molecule has 0 atom stereocenters. The first-order chi connectivity index (χ1) is 9.88. The van der Waals surface area contributed by atoms with Crippen molar-refractivity contribution in [1.29, 1.82) is 0 Å². The van der Waals surface area contributed by atoms with Gasteiger partial charge in [-0.1, -0.05) is 30.3 Å². The number of hydroxylamine groups is 2. The van der Waals surface area contributed by atoms with Gasteiger partial charge in [0.15, 0.2) is 0 Å². The van der Waals surface area contributed by atoms with Crippen LogP contribution in [-0.2, 0) is 20.6 Å². The Balaban J connectivity index is 0. The summed E-state index contributed by atoms with van der Waals surface area (Å²) in [6.07, 6.45) is 1.59. The molecule has 2 N–H and O–H groups in total. The molecule has 1 aromatic carbocycles. The van der Waals surface area contributed by atoms with Crippen LogP contribution in [0.5, 0.6) is 0 Å². The molecule has 22 heavy (non-hydrogen) atoms. The Labute approximate surface area is 154 Å². The van der Waals surface area contributed by atoms with E-state index in [1.807, 2.05) is 30.3 Å². The molecule has 0 saturated carbocycles. The molecule has 0 aliphatic carbocycles. The maximum atomic E-state index is 11.4. The van der Waals surface area contributed by atoms with Gasteiger partial charge in [0.1, 0.15) is 0 Å². The molecule has 1 rings (SSSR count). The van der Waals surface area contributed by atoms with Gasteiger partial charge in [-0.25, -0.2) is 5.06 Å². The third-order valence-electron chi connectivity index (χ3n) is 2.86. The number of hydrogen-bond acceptors (Lipinski definition) is 3. The zero-order valence-corrected chi connectivity index (χ0v) is 16.0. The summed E-state index contributed by atoms with van der Waals surface area (Å²) in [5.41, 5.74) is 1.21. The SMILES string of the molecule is CC(=O)N(CCCP(=O)(O)O)OCCCc1ccccc1.[H-].[Na+].